The van der Waals surface area contributed by atoms with Crippen LogP contribution >= 0.6 is 11.3 Å². The van der Waals surface area contributed by atoms with Crippen LogP contribution in [0.25, 0.3) is 0 Å². The summed E-state index contributed by atoms with van der Waals surface area (Å²) in [5, 5.41) is 3.07. The Morgan fingerprint density at radius 1 is 1.00 bits per heavy atom. The molecule has 1 saturated heterocycles. The Labute approximate surface area is 183 Å². The van der Waals surface area contributed by atoms with Crippen molar-refractivity contribution < 1.29 is 4.79 Å². The Hall–Kier alpha value is -2.66. The number of nitrogens with zero attached hydrogens (tertiary/aromatic N) is 3. The third-order valence-electron chi connectivity index (χ3n) is 5.63. The Morgan fingerprint density at radius 2 is 1.73 bits per heavy atom. The number of rotatable bonds is 7. The number of thiazole rings is 1. The SMILES string of the molecule is CN(Cc1ccc(N2CCCCC2)cc1)C(=O)Cc1csc(Cc2ccccc2)n1. The summed E-state index contributed by atoms with van der Waals surface area (Å²) >= 11 is 1.63. The third kappa shape index (κ3) is 5.48. The van der Waals surface area contributed by atoms with Crippen LogP contribution < -0.4 is 4.90 Å². The molecule has 1 aliphatic heterocycles. The highest BCUT2D eigenvalue weighted by Crippen LogP contribution is 2.21. The molecule has 0 N–H and O–H groups in total. The van der Waals surface area contributed by atoms with Gasteiger partial charge in [-0.25, -0.2) is 4.98 Å². The van der Waals surface area contributed by atoms with Crippen LogP contribution in [0.1, 0.15) is 41.1 Å². The number of likely N-dealkylation sites (N-methyl/N-ethyl adjacent to an activating group) is 1. The summed E-state index contributed by atoms with van der Waals surface area (Å²) in [5.41, 5.74) is 4.56. The van der Waals surface area contributed by atoms with Crippen molar-refractivity contribution in [2.75, 3.05) is 25.0 Å². The summed E-state index contributed by atoms with van der Waals surface area (Å²) in [6, 6.07) is 19.0. The van der Waals surface area contributed by atoms with Gasteiger partial charge in [0.05, 0.1) is 17.1 Å². The summed E-state index contributed by atoms with van der Waals surface area (Å²) < 4.78 is 0. The molecule has 30 heavy (non-hydrogen) atoms. The first-order chi connectivity index (χ1) is 14.7. The number of benzene rings is 2. The minimum absolute atomic E-state index is 0.103. The van der Waals surface area contributed by atoms with Crippen molar-refractivity contribution in [3.63, 3.8) is 0 Å². The van der Waals surface area contributed by atoms with Crippen LogP contribution in [0.3, 0.4) is 0 Å². The van der Waals surface area contributed by atoms with Crippen molar-refractivity contribution in [2.24, 2.45) is 0 Å². The number of amides is 1. The smallest absolute Gasteiger partial charge is 0.228 e. The van der Waals surface area contributed by atoms with Crippen molar-refractivity contribution in [2.45, 2.75) is 38.6 Å². The van der Waals surface area contributed by atoms with E-state index >= 15 is 0 Å². The molecule has 0 spiro atoms. The van der Waals surface area contributed by atoms with Gasteiger partial charge in [-0.15, -0.1) is 11.3 Å². The van der Waals surface area contributed by atoms with Crippen LogP contribution in [0.5, 0.6) is 0 Å². The summed E-state index contributed by atoms with van der Waals surface area (Å²) in [5.74, 6) is 0.103. The molecule has 0 saturated carbocycles. The Morgan fingerprint density at radius 3 is 2.47 bits per heavy atom. The maximum absolute atomic E-state index is 12.7. The predicted octanol–water partition coefficient (Wildman–Crippen LogP) is 4.93. The Balaban J connectivity index is 1.29. The number of hydrogen-bond acceptors (Lipinski definition) is 4. The van der Waals surface area contributed by atoms with Gasteiger partial charge in [0, 0.05) is 44.2 Å². The topological polar surface area (TPSA) is 36.4 Å². The van der Waals surface area contributed by atoms with Crippen LogP contribution in [-0.4, -0.2) is 35.9 Å². The average Bonchev–Trinajstić information content (AvgIpc) is 3.22. The number of anilines is 1. The molecule has 4 nitrogen and oxygen atoms in total. The molecule has 4 rings (SSSR count). The highest BCUT2D eigenvalue weighted by atomic mass is 32.1. The van der Waals surface area contributed by atoms with Crippen molar-refractivity contribution in [1.29, 1.82) is 0 Å². The zero-order valence-corrected chi connectivity index (χ0v) is 18.4. The first kappa shape index (κ1) is 20.6. The molecule has 0 radical (unpaired) electrons. The molecule has 5 heteroatoms. The lowest BCUT2D eigenvalue weighted by Crippen LogP contribution is -2.29. The fraction of sp³-hybridized carbons (Fsp3) is 0.360. The fourth-order valence-electron chi connectivity index (χ4n) is 3.90. The lowest BCUT2D eigenvalue weighted by Gasteiger charge is -2.29. The van der Waals surface area contributed by atoms with Crippen molar-refractivity contribution in [3.8, 4) is 0 Å². The first-order valence-electron chi connectivity index (χ1n) is 10.7. The summed E-state index contributed by atoms with van der Waals surface area (Å²) in [6.45, 7) is 2.93. The van der Waals surface area contributed by atoms with Crippen molar-refractivity contribution >= 4 is 22.9 Å². The number of hydrogen-bond donors (Lipinski definition) is 0. The molecular weight excluding hydrogens is 390 g/mol. The van der Waals surface area contributed by atoms with Crippen molar-refractivity contribution in [3.05, 3.63) is 81.8 Å². The molecule has 0 bridgehead atoms. The molecule has 1 aromatic heterocycles. The minimum atomic E-state index is 0.103. The van der Waals surface area contributed by atoms with E-state index in [0.717, 1.165) is 35.8 Å². The third-order valence-corrected chi connectivity index (χ3v) is 6.53. The van der Waals surface area contributed by atoms with Crippen molar-refractivity contribution in [1.82, 2.24) is 9.88 Å². The van der Waals surface area contributed by atoms with E-state index in [9.17, 15) is 4.79 Å². The quantitative estimate of drug-likeness (QED) is 0.545. The standard InChI is InChI=1S/C25H29N3OS/c1-27(18-21-10-12-23(13-11-21)28-14-6-3-7-15-28)25(29)17-22-19-30-24(26-22)16-20-8-4-2-5-9-20/h2,4-5,8-13,19H,3,6-7,14-18H2,1H3. The van der Waals surface area contributed by atoms with Gasteiger partial charge in [-0.2, -0.15) is 0 Å². The van der Waals surface area contributed by atoms with Gasteiger partial charge in [-0.05, 0) is 42.5 Å². The lowest BCUT2D eigenvalue weighted by atomic mass is 10.1. The lowest BCUT2D eigenvalue weighted by molar-refractivity contribution is -0.129. The zero-order valence-electron chi connectivity index (χ0n) is 17.6. The Bertz CT molecular complexity index is 946. The van der Waals surface area contributed by atoms with Crippen LogP contribution in [0.2, 0.25) is 0 Å². The molecular formula is C25H29N3OS. The van der Waals surface area contributed by atoms with Crippen LogP contribution in [0.15, 0.2) is 60.0 Å². The zero-order chi connectivity index (χ0) is 20.8. The molecule has 156 valence electrons. The highest BCUT2D eigenvalue weighted by molar-refractivity contribution is 7.09. The molecule has 0 unspecified atom stereocenters. The van der Waals surface area contributed by atoms with Gasteiger partial charge in [0.15, 0.2) is 0 Å². The van der Waals surface area contributed by atoms with E-state index in [2.05, 4.69) is 46.3 Å². The van der Waals surface area contributed by atoms with Gasteiger partial charge in [-0.1, -0.05) is 42.5 Å². The minimum Gasteiger partial charge on any atom is -0.372 e. The maximum Gasteiger partial charge on any atom is 0.228 e. The van der Waals surface area contributed by atoms with Gasteiger partial charge in [0.1, 0.15) is 0 Å². The second-order valence-electron chi connectivity index (χ2n) is 8.04. The molecule has 0 aliphatic carbocycles. The largest absolute Gasteiger partial charge is 0.372 e. The van der Waals surface area contributed by atoms with E-state index in [0.29, 0.717) is 13.0 Å². The number of piperidine rings is 1. The number of aromatic nitrogens is 1. The van der Waals surface area contributed by atoms with E-state index in [-0.39, 0.29) is 5.91 Å². The summed E-state index contributed by atoms with van der Waals surface area (Å²) in [7, 11) is 1.87. The second-order valence-corrected chi connectivity index (χ2v) is 8.98. The second kappa shape index (κ2) is 9.90. The monoisotopic (exact) mass is 419 g/mol. The number of carbonyl (C=O) groups excluding carboxylic acids is 1. The molecule has 1 fully saturated rings. The van der Waals surface area contributed by atoms with Crippen LogP contribution in [0, 0.1) is 0 Å². The van der Waals surface area contributed by atoms with E-state index in [1.165, 1.54) is 30.5 Å². The van der Waals surface area contributed by atoms with E-state index in [1.807, 2.05) is 30.6 Å². The summed E-state index contributed by atoms with van der Waals surface area (Å²) in [6.07, 6.45) is 5.08. The highest BCUT2D eigenvalue weighted by Gasteiger charge is 2.14. The van der Waals surface area contributed by atoms with E-state index < -0.39 is 0 Å². The molecule has 3 aromatic rings. The summed E-state index contributed by atoms with van der Waals surface area (Å²) in [4.78, 5) is 21.6. The van der Waals surface area contributed by atoms with Gasteiger partial charge in [0.25, 0.3) is 0 Å². The molecule has 1 aliphatic rings. The van der Waals surface area contributed by atoms with E-state index in [4.69, 9.17) is 0 Å². The normalized spacial score (nSPS) is 14.0. The maximum atomic E-state index is 12.7. The molecule has 0 atom stereocenters. The molecule has 2 heterocycles. The predicted molar refractivity (Wildman–Crippen MR) is 124 cm³/mol. The molecule has 2 aromatic carbocycles. The van der Waals surface area contributed by atoms with Gasteiger partial charge >= 0.3 is 0 Å². The van der Waals surface area contributed by atoms with E-state index in [1.54, 1.807) is 16.2 Å². The Kier molecular flexibility index (Phi) is 6.80. The van der Waals surface area contributed by atoms with Crippen LogP contribution in [-0.2, 0) is 24.2 Å². The fourth-order valence-corrected chi connectivity index (χ4v) is 4.73. The van der Waals surface area contributed by atoms with Crippen LogP contribution in [0.4, 0.5) is 5.69 Å². The molecule has 1 amide bonds. The first-order valence-corrected chi connectivity index (χ1v) is 11.6. The number of carbonyl (C=O) groups is 1. The van der Waals surface area contributed by atoms with Gasteiger partial charge in [-0.3, -0.25) is 4.79 Å². The van der Waals surface area contributed by atoms with Gasteiger partial charge in [0.2, 0.25) is 5.91 Å². The average molecular weight is 420 g/mol. The van der Waals surface area contributed by atoms with Gasteiger partial charge < -0.3 is 9.80 Å².